The van der Waals surface area contributed by atoms with Gasteiger partial charge in [0.05, 0.1) is 18.7 Å². The standard InChI is InChI=1S/C13H18N2O2/c1-8-10-7-9(17-4)5-6-11(10)15(12(8)16)13(2,3)14/h5-8H,14H2,1-4H3. The lowest BCUT2D eigenvalue weighted by atomic mass is 10.0. The van der Waals surface area contributed by atoms with Gasteiger partial charge in [-0.3, -0.25) is 9.69 Å². The van der Waals surface area contributed by atoms with Crippen LogP contribution in [0.3, 0.4) is 0 Å². The average Bonchev–Trinajstić information content (AvgIpc) is 2.51. The van der Waals surface area contributed by atoms with Gasteiger partial charge in [-0.25, -0.2) is 0 Å². The van der Waals surface area contributed by atoms with Crippen LogP contribution in [0.2, 0.25) is 0 Å². The summed E-state index contributed by atoms with van der Waals surface area (Å²) in [5, 5.41) is 0. The minimum absolute atomic E-state index is 0.0424. The van der Waals surface area contributed by atoms with Crippen molar-refractivity contribution in [2.24, 2.45) is 5.73 Å². The molecule has 1 aliphatic rings. The summed E-state index contributed by atoms with van der Waals surface area (Å²) in [5.74, 6) is 0.642. The van der Waals surface area contributed by atoms with E-state index in [1.807, 2.05) is 39.0 Å². The maximum absolute atomic E-state index is 12.2. The van der Waals surface area contributed by atoms with Crippen LogP contribution in [0.4, 0.5) is 5.69 Å². The molecule has 1 aliphatic heterocycles. The second-order valence-electron chi connectivity index (χ2n) is 4.97. The highest BCUT2D eigenvalue weighted by Gasteiger charge is 2.40. The third-order valence-corrected chi connectivity index (χ3v) is 3.11. The molecule has 0 spiro atoms. The summed E-state index contributed by atoms with van der Waals surface area (Å²) in [4.78, 5) is 13.9. The average molecular weight is 234 g/mol. The summed E-state index contributed by atoms with van der Waals surface area (Å²) in [6, 6.07) is 5.65. The molecule has 1 heterocycles. The lowest BCUT2D eigenvalue weighted by Crippen LogP contribution is -2.53. The van der Waals surface area contributed by atoms with Crippen LogP contribution in [0.25, 0.3) is 0 Å². The Bertz CT molecular complexity index is 463. The van der Waals surface area contributed by atoms with Crippen LogP contribution >= 0.6 is 0 Å². The first-order chi connectivity index (χ1) is 7.86. The van der Waals surface area contributed by atoms with Gasteiger partial charge >= 0.3 is 0 Å². The molecule has 0 aliphatic carbocycles. The van der Waals surface area contributed by atoms with Crippen LogP contribution in [0.1, 0.15) is 32.3 Å². The van der Waals surface area contributed by atoms with Crippen molar-refractivity contribution in [3.05, 3.63) is 23.8 Å². The lowest BCUT2D eigenvalue weighted by molar-refractivity contribution is -0.119. The topological polar surface area (TPSA) is 55.6 Å². The first-order valence-electron chi connectivity index (χ1n) is 5.67. The fourth-order valence-corrected chi connectivity index (χ4v) is 2.25. The Kier molecular flexibility index (Phi) is 2.62. The molecule has 1 aromatic rings. The van der Waals surface area contributed by atoms with Crippen molar-refractivity contribution in [3.8, 4) is 5.75 Å². The number of nitrogens with two attached hydrogens (primary N) is 1. The molecule has 2 N–H and O–H groups in total. The second kappa shape index (κ2) is 3.74. The molecule has 92 valence electrons. The summed E-state index contributed by atoms with van der Waals surface area (Å²) < 4.78 is 5.18. The maximum atomic E-state index is 12.2. The Morgan fingerprint density at radius 1 is 1.41 bits per heavy atom. The molecule has 17 heavy (non-hydrogen) atoms. The van der Waals surface area contributed by atoms with Crippen LogP contribution in [-0.4, -0.2) is 18.7 Å². The van der Waals surface area contributed by atoms with Gasteiger partial charge in [0, 0.05) is 5.69 Å². The first kappa shape index (κ1) is 11.9. The highest BCUT2D eigenvalue weighted by Crippen LogP contribution is 2.41. The minimum Gasteiger partial charge on any atom is -0.497 e. The van der Waals surface area contributed by atoms with Gasteiger partial charge < -0.3 is 10.5 Å². The van der Waals surface area contributed by atoms with Gasteiger partial charge in [0.2, 0.25) is 5.91 Å². The number of hydrogen-bond acceptors (Lipinski definition) is 3. The smallest absolute Gasteiger partial charge is 0.235 e. The number of amides is 1. The zero-order chi connectivity index (χ0) is 12.8. The fraction of sp³-hybridized carbons (Fsp3) is 0.462. The molecular formula is C13H18N2O2. The Morgan fingerprint density at radius 3 is 2.59 bits per heavy atom. The lowest BCUT2D eigenvalue weighted by Gasteiger charge is -2.32. The SMILES string of the molecule is COc1ccc2c(c1)C(C)C(=O)N2C(C)(C)N. The Morgan fingerprint density at radius 2 is 2.06 bits per heavy atom. The van der Waals surface area contributed by atoms with Crippen molar-refractivity contribution in [2.75, 3.05) is 12.0 Å². The van der Waals surface area contributed by atoms with Crippen LogP contribution in [0, 0.1) is 0 Å². The summed E-state index contributed by atoms with van der Waals surface area (Å²) in [5.41, 5.74) is 7.23. The molecule has 0 radical (unpaired) electrons. The molecule has 1 amide bonds. The third kappa shape index (κ3) is 1.78. The fourth-order valence-electron chi connectivity index (χ4n) is 2.25. The molecule has 0 fully saturated rings. The highest BCUT2D eigenvalue weighted by atomic mass is 16.5. The van der Waals surface area contributed by atoms with Gasteiger partial charge in [-0.05, 0) is 44.5 Å². The maximum Gasteiger partial charge on any atom is 0.235 e. The number of fused-ring (bicyclic) bond motifs is 1. The Hall–Kier alpha value is -1.55. The number of methoxy groups -OCH3 is 1. The van der Waals surface area contributed by atoms with Gasteiger partial charge in [-0.15, -0.1) is 0 Å². The molecular weight excluding hydrogens is 216 g/mol. The highest BCUT2D eigenvalue weighted by molar-refractivity contribution is 6.05. The number of benzene rings is 1. The molecule has 0 saturated heterocycles. The van der Waals surface area contributed by atoms with E-state index in [4.69, 9.17) is 10.5 Å². The van der Waals surface area contributed by atoms with Gasteiger partial charge in [0.15, 0.2) is 0 Å². The van der Waals surface area contributed by atoms with E-state index in [0.29, 0.717) is 0 Å². The molecule has 1 aromatic carbocycles. The molecule has 0 saturated carbocycles. The van der Waals surface area contributed by atoms with Crippen molar-refractivity contribution in [3.63, 3.8) is 0 Å². The molecule has 1 unspecified atom stereocenters. The zero-order valence-electron chi connectivity index (χ0n) is 10.7. The van der Waals surface area contributed by atoms with Gasteiger partial charge in [-0.1, -0.05) is 0 Å². The van der Waals surface area contributed by atoms with E-state index in [-0.39, 0.29) is 11.8 Å². The number of rotatable bonds is 2. The monoisotopic (exact) mass is 234 g/mol. The van der Waals surface area contributed by atoms with E-state index in [0.717, 1.165) is 17.0 Å². The van der Waals surface area contributed by atoms with Crippen molar-refractivity contribution >= 4 is 11.6 Å². The van der Waals surface area contributed by atoms with E-state index in [1.54, 1.807) is 12.0 Å². The number of hydrogen-bond donors (Lipinski definition) is 1. The van der Waals surface area contributed by atoms with Crippen LogP contribution in [-0.2, 0) is 4.79 Å². The van der Waals surface area contributed by atoms with Gasteiger partial charge in [0.25, 0.3) is 0 Å². The van der Waals surface area contributed by atoms with Gasteiger partial charge in [0.1, 0.15) is 5.75 Å². The van der Waals surface area contributed by atoms with E-state index >= 15 is 0 Å². The number of anilines is 1. The normalized spacial score (nSPS) is 19.5. The molecule has 4 nitrogen and oxygen atoms in total. The van der Waals surface area contributed by atoms with Gasteiger partial charge in [-0.2, -0.15) is 0 Å². The predicted molar refractivity (Wildman–Crippen MR) is 67.2 cm³/mol. The van der Waals surface area contributed by atoms with E-state index in [1.165, 1.54) is 0 Å². The van der Waals surface area contributed by atoms with Crippen molar-refractivity contribution in [2.45, 2.75) is 32.4 Å². The number of carbonyl (C=O) groups excluding carboxylic acids is 1. The first-order valence-corrected chi connectivity index (χ1v) is 5.67. The van der Waals surface area contributed by atoms with Crippen molar-refractivity contribution < 1.29 is 9.53 Å². The van der Waals surface area contributed by atoms with E-state index < -0.39 is 5.66 Å². The molecule has 2 rings (SSSR count). The summed E-state index contributed by atoms with van der Waals surface area (Å²) in [7, 11) is 1.62. The summed E-state index contributed by atoms with van der Waals surface area (Å²) >= 11 is 0. The van der Waals surface area contributed by atoms with Crippen LogP contribution in [0.5, 0.6) is 5.75 Å². The summed E-state index contributed by atoms with van der Waals surface area (Å²) in [6.07, 6.45) is 0. The third-order valence-electron chi connectivity index (χ3n) is 3.11. The van der Waals surface area contributed by atoms with Crippen LogP contribution in [0.15, 0.2) is 18.2 Å². The largest absolute Gasteiger partial charge is 0.497 e. The number of ether oxygens (including phenoxy) is 1. The predicted octanol–water partition coefficient (Wildman–Crippen LogP) is 1.84. The summed E-state index contributed by atoms with van der Waals surface area (Å²) in [6.45, 7) is 5.56. The molecule has 0 bridgehead atoms. The number of carbonyl (C=O) groups is 1. The van der Waals surface area contributed by atoms with E-state index in [9.17, 15) is 4.79 Å². The molecule has 4 heteroatoms. The van der Waals surface area contributed by atoms with E-state index in [2.05, 4.69) is 0 Å². The molecule has 1 atom stereocenters. The minimum atomic E-state index is -0.689. The quantitative estimate of drug-likeness (QED) is 0.849. The number of nitrogens with zero attached hydrogens (tertiary/aromatic N) is 1. The Balaban J connectivity index is 2.55. The van der Waals surface area contributed by atoms with Crippen molar-refractivity contribution in [1.82, 2.24) is 0 Å². The zero-order valence-corrected chi connectivity index (χ0v) is 10.7. The second-order valence-corrected chi connectivity index (χ2v) is 4.97. The molecule has 0 aromatic heterocycles. The van der Waals surface area contributed by atoms with Crippen molar-refractivity contribution in [1.29, 1.82) is 0 Å². The Labute approximate surface area is 101 Å². The van der Waals surface area contributed by atoms with Crippen LogP contribution < -0.4 is 15.4 Å².